The molecule has 0 aliphatic carbocycles. The van der Waals surface area contributed by atoms with Crippen molar-refractivity contribution in [1.82, 2.24) is 4.90 Å². The van der Waals surface area contributed by atoms with Crippen LogP contribution in [0.3, 0.4) is 0 Å². The van der Waals surface area contributed by atoms with Crippen molar-refractivity contribution in [2.45, 2.75) is 44.2 Å². The molecule has 2 aliphatic heterocycles. The van der Waals surface area contributed by atoms with Crippen LogP contribution in [0.1, 0.15) is 31.2 Å². The maximum absolute atomic E-state index is 11.6. The van der Waals surface area contributed by atoms with Crippen molar-refractivity contribution in [2.24, 2.45) is 0 Å². The van der Waals surface area contributed by atoms with Crippen LogP contribution in [0, 0.1) is 0 Å². The predicted molar refractivity (Wildman–Crippen MR) is 82.2 cm³/mol. The molecule has 20 heavy (non-hydrogen) atoms. The summed E-state index contributed by atoms with van der Waals surface area (Å²) >= 11 is 3.47. The van der Waals surface area contributed by atoms with E-state index in [0.717, 1.165) is 36.0 Å². The van der Waals surface area contributed by atoms with Crippen molar-refractivity contribution < 1.29 is 9.53 Å². The highest BCUT2D eigenvalue weighted by atomic mass is 79.9. The van der Waals surface area contributed by atoms with Gasteiger partial charge in [-0.15, -0.1) is 0 Å². The monoisotopic (exact) mass is 337 g/mol. The highest BCUT2D eigenvalue weighted by Gasteiger charge is 2.39. The molecule has 2 saturated heterocycles. The fraction of sp³-hybridized carbons (Fsp3) is 0.562. The highest BCUT2D eigenvalue weighted by Crippen LogP contribution is 2.34. The van der Waals surface area contributed by atoms with E-state index in [4.69, 9.17) is 4.74 Å². The fourth-order valence-corrected chi connectivity index (χ4v) is 3.94. The number of hydrogen-bond donors (Lipinski definition) is 0. The highest BCUT2D eigenvalue weighted by molar-refractivity contribution is 9.10. The lowest BCUT2D eigenvalue weighted by atomic mass is 10.0. The van der Waals surface area contributed by atoms with Crippen molar-refractivity contribution in [3.8, 4) is 5.75 Å². The van der Waals surface area contributed by atoms with Crippen LogP contribution in [-0.2, 0) is 11.2 Å². The number of Topliss-reactive ketones (excluding diaryl/α,β-unsaturated/α-hetero) is 1. The van der Waals surface area contributed by atoms with Crippen molar-refractivity contribution in [3.05, 3.63) is 28.2 Å². The van der Waals surface area contributed by atoms with Crippen LogP contribution in [0.15, 0.2) is 22.7 Å². The molecular weight excluding hydrogens is 318 g/mol. The van der Waals surface area contributed by atoms with Crippen molar-refractivity contribution in [3.63, 3.8) is 0 Å². The third kappa shape index (κ3) is 2.77. The van der Waals surface area contributed by atoms with Gasteiger partial charge in [0.1, 0.15) is 11.5 Å². The summed E-state index contributed by atoms with van der Waals surface area (Å²) in [5.41, 5.74) is 1.24. The number of halogens is 1. The number of benzene rings is 1. The first kappa shape index (κ1) is 14.1. The van der Waals surface area contributed by atoms with Gasteiger partial charge >= 0.3 is 0 Å². The molecule has 0 spiro atoms. The van der Waals surface area contributed by atoms with Crippen LogP contribution in [0.25, 0.3) is 0 Å². The Balaban J connectivity index is 1.67. The summed E-state index contributed by atoms with van der Waals surface area (Å²) in [4.78, 5) is 14.2. The molecule has 0 saturated carbocycles. The van der Waals surface area contributed by atoms with E-state index in [1.807, 2.05) is 6.07 Å². The Morgan fingerprint density at radius 1 is 1.30 bits per heavy atom. The number of nitrogens with zero attached hydrogens (tertiary/aromatic N) is 1. The van der Waals surface area contributed by atoms with Crippen LogP contribution in [0.4, 0.5) is 0 Å². The summed E-state index contributed by atoms with van der Waals surface area (Å²) in [6.45, 7) is 1.03. The molecule has 2 unspecified atom stereocenters. The largest absolute Gasteiger partial charge is 0.496 e. The molecule has 4 heteroatoms. The number of ether oxygens (including phenoxy) is 1. The van der Waals surface area contributed by atoms with Crippen LogP contribution >= 0.6 is 15.9 Å². The Bertz CT molecular complexity index is 501. The van der Waals surface area contributed by atoms with Gasteiger partial charge in [-0.2, -0.15) is 0 Å². The second kappa shape index (κ2) is 5.86. The molecule has 2 atom stereocenters. The summed E-state index contributed by atoms with van der Waals surface area (Å²) in [7, 11) is 1.72. The lowest BCUT2D eigenvalue weighted by molar-refractivity contribution is -0.123. The van der Waals surface area contributed by atoms with Crippen molar-refractivity contribution in [1.29, 1.82) is 0 Å². The summed E-state index contributed by atoms with van der Waals surface area (Å²) in [6.07, 6.45) is 4.88. The Hall–Kier alpha value is -0.870. The molecule has 0 radical (unpaired) electrons. The number of rotatable bonds is 4. The van der Waals surface area contributed by atoms with E-state index in [1.165, 1.54) is 18.4 Å². The molecule has 2 bridgehead atoms. The van der Waals surface area contributed by atoms with E-state index in [1.54, 1.807) is 7.11 Å². The van der Waals surface area contributed by atoms with Gasteiger partial charge in [0.25, 0.3) is 0 Å². The minimum atomic E-state index is 0.454. The van der Waals surface area contributed by atoms with Gasteiger partial charge in [0.05, 0.1) is 7.11 Å². The third-order valence-corrected chi connectivity index (χ3v) is 5.08. The molecule has 108 valence electrons. The van der Waals surface area contributed by atoms with Gasteiger partial charge in [-0.3, -0.25) is 9.69 Å². The number of fused-ring (bicyclic) bond motifs is 2. The number of methoxy groups -OCH3 is 1. The normalized spacial score (nSPS) is 26.0. The molecule has 0 amide bonds. The minimum Gasteiger partial charge on any atom is -0.496 e. The van der Waals surface area contributed by atoms with E-state index in [9.17, 15) is 4.79 Å². The van der Waals surface area contributed by atoms with E-state index >= 15 is 0 Å². The second-order valence-electron chi connectivity index (χ2n) is 5.78. The van der Waals surface area contributed by atoms with Gasteiger partial charge in [0, 0.05) is 35.9 Å². The van der Waals surface area contributed by atoms with Gasteiger partial charge in [0.2, 0.25) is 0 Å². The molecule has 0 aromatic heterocycles. The molecule has 2 fully saturated rings. The summed E-state index contributed by atoms with van der Waals surface area (Å²) in [5, 5.41) is 0. The first-order valence-corrected chi connectivity index (χ1v) is 8.06. The van der Waals surface area contributed by atoms with Gasteiger partial charge in [-0.25, -0.2) is 0 Å². The SMILES string of the molecule is COc1cc(Br)ccc1CCN1C2CCC1CC(=O)C2. The Kier molecular flexibility index (Phi) is 4.13. The topological polar surface area (TPSA) is 29.5 Å². The maximum Gasteiger partial charge on any atom is 0.136 e. The number of ketones is 1. The summed E-state index contributed by atoms with van der Waals surface area (Å²) < 4.78 is 6.49. The third-order valence-electron chi connectivity index (χ3n) is 4.59. The van der Waals surface area contributed by atoms with Crippen molar-refractivity contribution in [2.75, 3.05) is 13.7 Å². The zero-order chi connectivity index (χ0) is 14.1. The predicted octanol–water partition coefficient (Wildman–Crippen LogP) is 3.20. The van der Waals surface area contributed by atoms with Gasteiger partial charge in [0.15, 0.2) is 0 Å². The van der Waals surface area contributed by atoms with Crippen molar-refractivity contribution >= 4 is 21.7 Å². The average Bonchev–Trinajstić information content (AvgIpc) is 2.67. The molecule has 2 heterocycles. The molecule has 0 N–H and O–H groups in total. The Labute approximate surface area is 128 Å². The Morgan fingerprint density at radius 2 is 2.00 bits per heavy atom. The number of carbonyl (C=O) groups excluding carboxylic acids is 1. The van der Waals surface area contributed by atoms with Crippen LogP contribution in [-0.4, -0.2) is 36.4 Å². The zero-order valence-electron chi connectivity index (χ0n) is 11.8. The number of piperidine rings is 1. The molecule has 1 aromatic rings. The average molecular weight is 338 g/mol. The van der Waals surface area contributed by atoms with E-state index in [-0.39, 0.29) is 0 Å². The van der Waals surface area contributed by atoms with Gasteiger partial charge in [-0.05, 0) is 37.0 Å². The quantitative estimate of drug-likeness (QED) is 0.844. The van der Waals surface area contributed by atoms with Crippen LogP contribution in [0.2, 0.25) is 0 Å². The molecule has 3 rings (SSSR count). The van der Waals surface area contributed by atoms with E-state index in [0.29, 0.717) is 17.9 Å². The number of carbonyl (C=O) groups is 1. The second-order valence-corrected chi connectivity index (χ2v) is 6.69. The smallest absolute Gasteiger partial charge is 0.136 e. The summed E-state index contributed by atoms with van der Waals surface area (Å²) in [6, 6.07) is 7.18. The van der Waals surface area contributed by atoms with Gasteiger partial charge in [-0.1, -0.05) is 22.0 Å². The van der Waals surface area contributed by atoms with Gasteiger partial charge < -0.3 is 4.74 Å². The number of hydrogen-bond acceptors (Lipinski definition) is 3. The van der Waals surface area contributed by atoms with Crippen LogP contribution in [0.5, 0.6) is 5.75 Å². The molecule has 3 nitrogen and oxygen atoms in total. The molecule has 2 aliphatic rings. The standard InChI is InChI=1S/C16H20BrNO2/c1-20-16-8-12(17)3-2-11(16)6-7-18-13-4-5-14(18)10-15(19)9-13/h2-3,8,13-14H,4-7,9-10H2,1H3. The lowest BCUT2D eigenvalue weighted by Gasteiger charge is -2.34. The zero-order valence-corrected chi connectivity index (χ0v) is 13.4. The lowest BCUT2D eigenvalue weighted by Crippen LogP contribution is -2.44. The van der Waals surface area contributed by atoms with E-state index in [2.05, 4.69) is 33.0 Å². The van der Waals surface area contributed by atoms with E-state index < -0.39 is 0 Å². The van der Waals surface area contributed by atoms with Crippen LogP contribution < -0.4 is 4.74 Å². The maximum atomic E-state index is 11.6. The summed E-state index contributed by atoms with van der Waals surface area (Å²) in [5.74, 6) is 1.40. The molecule has 1 aromatic carbocycles. The minimum absolute atomic E-state index is 0.454. The first-order chi connectivity index (χ1) is 9.67. The Morgan fingerprint density at radius 3 is 2.65 bits per heavy atom. The first-order valence-electron chi connectivity index (χ1n) is 7.27. The fourth-order valence-electron chi connectivity index (χ4n) is 3.60. The molecular formula is C16H20BrNO2.